The van der Waals surface area contributed by atoms with Crippen LogP contribution in [-0.2, 0) is 0 Å². The highest BCUT2D eigenvalue weighted by molar-refractivity contribution is 6.33. The lowest BCUT2D eigenvalue weighted by Gasteiger charge is -2.14. The molecule has 1 N–H and O–H groups in total. The third kappa shape index (κ3) is 3.66. The van der Waals surface area contributed by atoms with Gasteiger partial charge in [-0.1, -0.05) is 29.3 Å². The second-order valence-corrected chi connectivity index (χ2v) is 4.76. The van der Waals surface area contributed by atoms with Gasteiger partial charge in [0, 0.05) is 18.0 Å². The van der Waals surface area contributed by atoms with E-state index in [1.54, 1.807) is 12.4 Å². The first-order valence-corrected chi connectivity index (χ1v) is 6.36. The number of pyridine rings is 2. The number of halogens is 2. The lowest BCUT2D eigenvalue weighted by Crippen LogP contribution is -2.26. The topological polar surface area (TPSA) is 54.9 Å². The highest BCUT2D eigenvalue weighted by Gasteiger charge is 2.13. The molecule has 0 fully saturated rings. The smallest absolute Gasteiger partial charge is 0.251 e. The van der Waals surface area contributed by atoms with Crippen molar-refractivity contribution in [2.45, 2.75) is 13.0 Å². The Morgan fingerprint density at radius 3 is 2.58 bits per heavy atom. The third-order valence-corrected chi connectivity index (χ3v) is 2.94. The van der Waals surface area contributed by atoms with Crippen LogP contribution in [0.4, 0.5) is 0 Å². The van der Waals surface area contributed by atoms with Crippen molar-refractivity contribution in [3.8, 4) is 0 Å². The van der Waals surface area contributed by atoms with Crippen LogP contribution in [0.3, 0.4) is 0 Å². The van der Waals surface area contributed by atoms with E-state index in [1.165, 1.54) is 12.1 Å². The van der Waals surface area contributed by atoms with Gasteiger partial charge in [0.15, 0.2) is 0 Å². The minimum Gasteiger partial charge on any atom is -0.345 e. The van der Waals surface area contributed by atoms with Gasteiger partial charge in [-0.05, 0) is 30.7 Å². The molecule has 0 aliphatic heterocycles. The second kappa shape index (κ2) is 5.99. The molecule has 0 aromatic carbocycles. The van der Waals surface area contributed by atoms with Gasteiger partial charge in [-0.15, -0.1) is 0 Å². The fourth-order valence-electron chi connectivity index (χ4n) is 1.59. The third-order valence-electron chi connectivity index (χ3n) is 2.56. The highest BCUT2D eigenvalue weighted by Crippen LogP contribution is 2.16. The zero-order valence-corrected chi connectivity index (χ0v) is 11.6. The van der Waals surface area contributed by atoms with Crippen LogP contribution in [0.15, 0.2) is 36.7 Å². The number of nitrogens with one attached hydrogen (secondary N) is 1. The van der Waals surface area contributed by atoms with E-state index < -0.39 is 0 Å². The maximum absolute atomic E-state index is 12.1. The van der Waals surface area contributed by atoms with E-state index in [-0.39, 0.29) is 22.3 Å². The summed E-state index contributed by atoms with van der Waals surface area (Å²) < 4.78 is 0. The van der Waals surface area contributed by atoms with Crippen LogP contribution in [0.5, 0.6) is 0 Å². The summed E-state index contributed by atoms with van der Waals surface area (Å²) in [5.41, 5.74) is 1.29. The molecular weight excluding hydrogens is 285 g/mol. The Morgan fingerprint density at radius 2 is 2.00 bits per heavy atom. The molecule has 0 saturated carbocycles. The van der Waals surface area contributed by atoms with Crippen LogP contribution in [-0.4, -0.2) is 15.9 Å². The normalized spacial score (nSPS) is 11.9. The summed E-state index contributed by atoms with van der Waals surface area (Å²) in [6.07, 6.45) is 3.39. The molecule has 0 aliphatic carbocycles. The summed E-state index contributed by atoms with van der Waals surface area (Å²) in [5, 5.41) is 3.22. The van der Waals surface area contributed by atoms with E-state index in [1.807, 2.05) is 19.1 Å². The van der Waals surface area contributed by atoms with Crippen molar-refractivity contribution in [2.24, 2.45) is 0 Å². The van der Waals surface area contributed by atoms with Gasteiger partial charge in [-0.25, -0.2) is 4.98 Å². The summed E-state index contributed by atoms with van der Waals surface area (Å²) in [4.78, 5) is 19.9. The van der Waals surface area contributed by atoms with Gasteiger partial charge in [0.05, 0.1) is 6.04 Å². The van der Waals surface area contributed by atoms with Crippen molar-refractivity contribution in [2.75, 3.05) is 0 Å². The summed E-state index contributed by atoms with van der Waals surface area (Å²) in [7, 11) is 0. The Hall–Kier alpha value is -1.65. The highest BCUT2D eigenvalue weighted by atomic mass is 35.5. The Balaban J connectivity index is 2.13. The number of carbonyl (C=O) groups is 1. The average molecular weight is 296 g/mol. The number of carbonyl (C=O) groups excluding carboxylic acids is 1. The molecule has 0 bridgehead atoms. The van der Waals surface area contributed by atoms with Gasteiger partial charge in [0.25, 0.3) is 5.91 Å². The molecule has 0 aliphatic rings. The van der Waals surface area contributed by atoms with Crippen molar-refractivity contribution in [1.82, 2.24) is 15.3 Å². The predicted octanol–water partition coefficient (Wildman–Crippen LogP) is 3.27. The number of nitrogens with zero attached hydrogens (tertiary/aromatic N) is 2. The molecule has 2 heterocycles. The van der Waals surface area contributed by atoms with Gasteiger partial charge in [-0.3, -0.25) is 9.78 Å². The summed E-state index contributed by atoms with van der Waals surface area (Å²) >= 11 is 11.5. The largest absolute Gasteiger partial charge is 0.345 e. The number of amides is 1. The molecule has 0 saturated heterocycles. The van der Waals surface area contributed by atoms with E-state index in [9.17, 15) is 4.79 Å². The lowest BCUT2D eigenvalue weighted by molar-refractivity contribution is 0.0939. The minimum absolute atomic E-state index is 0.160. The molecule has 0 radical (unpaired) electrons. The zero-order chi connectivity index (χ0) is 13.8. The van der Waals surface area contributed by atoms with Gasteiger partial charge in [0.1, 0.15) is 10.3 Å². The quantitative estimate of drug-likeness (QED) is 0.884. The monoisotopic (exact) mass is 295 g/mol. The van der Waals surface area contributed by atoms with E-state index in [4.69, 9.17) is 23.2 Å². The fraction of sp³-hybridized carbons (Fsp3) is 0.154. The van der Waals surface area contributed by atoms with Crippen LogP contribution in [0.1, 0.15) is 28.9 Å². The first-order valence-electron chi connectivity index (χ1n) is 5.60. The maximum Gasteiger partial charge on any atom is 0.251 e. The molecule has 2 aromatic heterocycles. The summed E-state index contributed by atoms with van der Waals surface area (Å²) in [6.45, 7) is 1.87. The molecule has 2 aromatic rings. The van der Waals surface area contributed by atoms with Crippen molar-refractivity contribution in [3.63, 3.8) is 0 Å². The Bertz CT molecular complexity index is 569. The zero-order valence-electron chi connectivity index (χ0n) is 10.1. The van der Waals surface area contributed by atoms with Gasteiger partial charge in [0.2, 0.25) is 0 Å². The molecule has 1 atom stereocenters. The van der Waals surface area contributed by atoms with Gasteiger partial charge in [-0.2, -0.15) is 0 Å². The predicted molar refractivity (Wildman–Crippen MR) is 74.4 cm³/mol. The van der Waals surface area contributed by atoms with E-state index in [2.05, 4.69) is 15.3 Å². The standard InChI is InChI=1S/C13H11Cl2N3O/c1-8(9-3-2-4-16-7-9)17-13(19)10-5-11(14)18-12(15)6-10/h2-8H,1H3,(H,17,19). The minimum atomic E-state index is -0.262. The van der Waals surface area contributed by atoms with E-state index >= 15 is 0 Å². The molecule has 0 spiro atoms. The number of hydrogen-bond acceptors (Lipinski definition) is 3. The summed E-state index contributed by atoms with van der Waals surface area (Å²) in [5.74, 6) is -0.262. The maximum atomic E-state index is 12.1. The van der Waals surface area contributed by atoms with Crippen molar-refractivity contribution < 1.29 is 4.79 Å². The van der Waals surface area contributed by atoms with E-state index in [0.717, 1.165) is 5.56 Å². The molecule has 1 unspecified atom stereocenters. The fourth-order valence-corrected chi connectivity index (χ4v) is 2.05. The van der Waals surface area contributed by atoms with Crippen LogP contribution in [0, 0.1) is 0 Å². The number of aromatic nitrogens is 2. The van der Waals surface area contributed by atoms with Crippen molar-refractivity contribution in [1.29, 1.82) is 0 Å². The molecule has 19 heavy (non-hydrogen) atoms. The molecule has 2 rings (SSSR count). The Kier molecular flexibility index (Phi) is 4.35. The first-order chi connectivity index (χ1) is 9.06. The molecule has 4 nitrogen and oxygen atoms in total. The number of rotatable bonds is 3. The Labute approximate surface area is 120 Å². The molecule has 1 amide bonds. The second-order valence-electron chi connectivity index (χ2n) is 3.98. The molecular formula is C13H11Cl2N3O. The molecule has 98 valence electrons. The van der Waals surface area contributed by atoms with Crippen LogP contribution in [0.2, 0.25) is 10.3 Å². The average Bonchev–Trinajstić information content (AvgIpc) is 2.38. The van der Waals surface area contributed by atoms with Gasteiger partial charge < -0.3 is 5.32 Å². The summed E-state index contributed by atoms with van der Waals surface area (Å²) in [6, 6.07) is 6.49. The first kappa shape index (κ1) is 13.8. The Morgan fingerprint density at radius 1 is 1.32 bits per heavy atom. The number of hydrogen-bond donors (Lipinski definition) is 1. The van der Waals surface area contributed by atoms with Crippen molar-refractivity contribution >= 4 is 29.1 Å². The van der Waals surface area contributed by atoms with Gasteiger partial charge >= 0.3 is 0 Å². The van der Waals surface area contributed by atoms with Crippen LogP contribution < -0.4 is 5.32 Å². The van der Waals surface area contributed by atoms with Crippen LogP contribution in [0.25, 0.3) is 0 Å². The SMILES string of the molecule is CC(NC(=O)c1cc(Cl)nc(Cl)c1)c1cccnc1. The van der Waals surface area contributed by atoms with Crippen LogP contribution >= 0.6 is 23.2 Å². The molecule has 6 heteroatoms. The van der Waals surface area contributed by atoms with E-state index in [0.29, 0.717) is 5.56 Å². The lowest BCUT2D eigenvalue weighted by atomic mass is 10.1. The van der Waals surface area contributed by atoms with Crippen molar-refractivity contribution in [3.05, 3.63) is 58.1 Å².